The highest BCUT2D eigenvalue weighted by molar-refractivity contribution is 5.77. The summed E-state index contributed by atoms with van der Waals surface area (Å²) >= 11 is 0. The number of fused-ring (bicyclic) bond motifs is 4. The summed E-state index contributed by atoms with van der Waals surface area (Å²) in [6.07, 6.45) is 12.0. The number of hydrogen-bond acceptors (Lipinski definition) is 1. The number of carbonyl (C=O) groups excluding carboxylic acids is 1. The van der Waals surface area contributed by atoms with Gasteiger partial charge in [0, 0.05) is 12.0 Å². The molecule has 3 rings (SSSR count). The summed E-state index contributed by atoms with van der Waals surface area (Å²) in [7, 11) is 0. The summed E-state index contributed by atoms with van der Waals surface area (Å²) in [5.41, 5.74) is 1.07. The zero-order valence-corrected chi connectivity index (χ0v) is 15.1. The van der Waals surface area contributed by atoms with Gasteiger partial charge >= 0.3 is 0 Å². The molecule has 4 atom stereocenters. The Balaban J connectivity index is 1.83. The van der Waals surface area contributed by atoms with Crippen LogP contribution in [0.5, 0.6) is 0 Å². The third-order valence-electron chi connectivity index (χ3n) is 7.30. The van der Waals surface area contributed by atoms with Gasteiger partial charge in [0.05, 0.1) is 0 Å². The topological polar surface area (TPSA) is 29.1 Å². The van der Waals surface area contributed by atoms with Gasteiger partial charge in [-0.2, -0.15) is 0 Å². The molecule has 3 aliphatic carbocycles. The Labute approximate surface area is 136 Å². The zero-order chi connectivity index (χ0) is 16.0. The molecule has 0 heterocycles. The lowest BCUT2D eigenvalue weighted by Gasteiger charge is -2.60. The van der Waals surface area contributed by atoms with E-state index in [2.05, 4.69) is 33.0 Å². The van der Waals surface area contributed by atoms with Crippen LogP contribution in [0.25, 0.3) is 0 Å². The van der Waals surface area contributed by atoms with Crippen LogP contribution in [-0.2, 0) is 4.79 Å². The maximum absolute atomic E-state index is 12.5. The number of amides is 1. The van der Waals surface area contributed by atoms with Crippen molar-refractivity contribution < 1.29 is 4.79 Å². The van der Waals surface area contributed by atoms with Crippen molar-refractivity contribution in [3.63, 3.8) is 0 Å². The molecule has 0 aromatic carbocycles. The van der Waals surface area contributed by atoms with Crippen molar-refractivity contribution in [2.45, 2.75) is 97.4 Å². The van der Waals surface area contributed by atoms with Crippen LogP contribution in [0.2, 0.25) is 0 Å². The SMILES string of the molecule is CCCCC(=O)N[C@]12CCC[C@](C)(CC[C@@H]3[C@@H]1CC3(C)C)C2. The van der Waals surface area contributed by atoms with E-state index in [-0.39, 0.29) is 5.54 Å². The third-order valence-corrected chi connectivity index (χ3v) is 7.30. The summed E-state index contributed by atoms with van der Waals surface area (Å²) < 4.78 is 0. The van der Waals surface area contributed by atoms with Gasteiger partial charge in [0.1, 0.15) is 0 Å². The van der Waals surface area contributed by atoms with Crippen LogP contribution < -0.4 is 5.32 Å². The molecule has 0 aromatic heterocycles. The molecule has 2 heteroatoms. The van der Waals surface area contributed by atoms with Gasteiger partial charge < -0.3 is 5.32 Å². The Kier molecular flexibility index (Phi) is 4.10. The normalized spacial score (nSPS) is 42.7. The lowest BCUT2D eigenvalue weighted by molar-refractivity contribution is -0.131. The summed E-state index contributed by atoms with van der Waals surface area (Å²) in [4.78, 5) is 12.5. The predicted octanol–water partition coefficient (Wildman–Crippen LogP) is 5.07. The number of nitrogens with one attached hydrogen (secondary N) is 1. The number of unbranched alkanes of at least 4 members (excludes halogenated alkanes) is 1. The van der Waals surface area contributed by atoms with E-state index in [0.717, 1.165) is 31.1 Å². The smallest absolute Gasteiger partial charge is 0.220 e. The van der Waals surface area contributed by atoms with E-state index >= 15 is 0 Å². The second-order valence-corrected chi connectivity index (χ2v) is 9.59. The van der Waals surface area contributed by atoms with Crippen molar-refractivity contribution in [1.29, 1.82) is 0 Å². The molecule has 126 valence electrons. The fourth-order valence-electron chi connectivity index (χ4n) is 6.10. The number of carbonyl (C=O) groups is 1. The lowest BCUT2D eigenvalue weighted by Crippen LogP contribution is -2.64. The minimum atomic E-state index is 0.120. The quantitative estimate of drug-likeness (QED) is 0.772. The molecule has 1 N–H and O–H groups in total. The molecule has 3 aliphatic rings. The average Bonchev–Trinajstić information content (AvgIpc) is 2.48. The van der Waals surface area contributed by atoms with Gasteiger partial charge in [0.2, 0.25) is 5.91 Å². The molecular weight excluding hydrogens is 270 g/mol. The summed E-state index contributed by atoms with van der Waals surface area (Å²) in [6.45, 7) is 9.53. The van der Waals surface area contributed by atoms with Crippen LogP contribution >= 0.6 is 0 Å². The molecule has 3 saturated carbocycles. The fourth-order valence-corrected chi connectivity index (χ4v) is 6.10. The van der Waals surface area contributed by atoms with Gasteiger partial charge in [-0.25, -0.2) is 0 Å². The second-order valence-electron chi connectivity index (χ2n) is 9.59. The van der Waals surface area contributed by atoms with E-state index in [0.29, 0.717) is 16.7 Å². The van der Waals surface area contributed by atoms with Crippen LogP contribution in [0.4, 0.5) is 0 Å². The van der Waals surface area contributed by atoms with Crippen LogP contribution in [0.15, 0.2) is 0 Å². The Morgan fingerprint density at radius 1 is 1.14 bits per heavy atom. The van der Waals surface area contributed by atoms with Gasteiger partial charge in [-0.05, 0) is 67.6 Å². The monoisotopic (exact) mass is 305 g/mol. The Bertz CT molecular complexity index is 443. The van der Waals surface area contributed by atoms with E-state index in [1.807, 2.05) is 0 Å². The third kappa shape index (κ3) is 2.71. The van der Waals surface area contributed by atoms with Crippen molar-refractivity contribution in [1.82, 2.24) is 5.32 Å². The lowest BCUT2D eigenvalue weighted by atomic mass is 9.48. The molecule has 3 fully saturated rings. The van der Waals surface area contributed by atoms with Crippen molar-refractivity contribution >= 4 is 5.91 Å². The van der Waals surface area contributed by atoms with Crippen LogP contribution in [-0.4, -0.2) is 11.4 Å². The second kappa shape index (κ2) is 5.53. The summed E-state index contributed by atoms with van der Waals surface area (Å²) in [5, 5.41) is 3.59. The molecule has 2 bridgehead atoms. The molecule has 2 nitrogen and oxygen atoms in total. The number of rotatable bonds is 4. The first kappa shape index (κ1) is 16.3. The maximum Gasteiger partial charge on any atom is 0.220 e. The first-order chi connectivity index (χ1) is 10.3. The van der Waals surface area contributed by atoms with E-state index in [4.69, 9.17) is 0 Å². The van der Waals surface area contributed by atoms with E-state index in [1.165, 1.54) is 44.9 Å². The van der Waals surface area contributed by atoms with Crippen molar-refractivity contribution in [2.75, 3.05) is 0 Å². The zero-order valence-electron chi connectivity index (χ0n) is 15.1. The molecule has 0 spiro atoms. The minimum Gasteiger partial charge on any atom is -0.350 e. The van der Waals surface area contributed by atoms with Crippen LogP contribution in [0.3, 0.4) is 0 Å². The molecule has 0 aromatic rings. The summed E-state index contributed by atoms with van der Waals surface area (Å²) in [6, 6.07) is 0. The van der Waals surface area contributed by atoms with Gasteiger partial charge in [0.25, 0.3) is 0 Å². The molecule has 22 heavy (non-hydrogen) atoms. The maximum atomic E-state index is 12.5. The molecule has 0 aliphatic heterocycles. The fraction of sp³-hybridized carbons (Fsp3) is 0.950. The number of hydrogen-bond donors (Lipinski definition) is 1. The molecule has 1 amide bonds. The van der Waals surface area contributed by atoms with Crippen molar-refractivity contribution in [3.8, 4) is 0 Å². The Hall–Kier alpha value is -0.530. The van der Waals surface area contributed by atoms with E-state index in [1.54, 1.807) is 0 Å². The Morgan fingerprint density at radius 3 is 2.59 bits per heavy atom. The summed E-state index contributed by atoms with van der Waals surface area (Å²) in [5.74, 6) is 1.87. The molecule has 0 saturated heterocycles. The standard InChI is InChI=1S/C20H35NO/c1-5-6-8-17(22)21-20-11-7-10-19(4,14-20)12-9-15-16(20)13-18(15,2)3/h15-16H,5-14H2,1-4H3,(H,21,22)/t15-,16+,19-,20+/m1/s1. The van der Waals surface area contributed by atoms with Crippen LogP contribution in [0, 0.1) is 22.7 Å². The van der Waals surface area contributed by atoms with Gasteiger partial charge in [-0.1, -0.05) is 40.5 Å². The van der Waals surface area contributed by atoms with Gasteiger partial charge in [-0.15, -0.1) is 0 Å². The first-order valence-electron chi connectivity index (χ1n) is 9.61. The highest BCUT2D eigenvalue weighted by atomic mass is 16.1. The minimum absolute atomic E-state index is 0.120. The first-order valence-corrected chi connectivity index (χ1v) is 9.61. The van der Waals surface area contributed by atoms with Crippen LogP contribution in [0.1, 0.15) is 91.9 Å². The molecular formula is C20H35NO. The highest BCUT2D eigenvalue weighted by Crippen LogP contribution is 2.64. The van der Waals surface area contributed by atoms with Gasteiger partial charge in [-0.3, -0.25) is 4.79 Å². The van der Waals surface area contributed by atoms with Crippen molar-refractivity contribution in [2.24, 2.45) is 22.7 Å². The predicted molar refractivity (Wildman–Crippen MR) is 91.6 cm³/mol. The van der Waals surface area contributed by atoms with E-state index in [9.17, 15) is 4.79 Å². The average molecular weight is 306 g/mol. The van der Waals surface area contributed by atoms with Crippen molar-refractivity contribution in [3.05, 3.63) is 0 Å². The van der Waals surface area contributed by atoms with Gasteiger partial charge in [0.15, 0.2) is 0 Å². The molecule has 0 unspecified atom stereocenters. The Morgan fingerprint density at radius 2 is 1.91 bits per heavy atom. The highest BCUT2D eigenvalue weighted by Gasteiger charge is 2.60. The largest absolute Gasteiger partial charge is 0.350 e. The molecule has 0 radical (unpaired) electrons. The van der Waals surface area contributed by atoms with E-state index < -0.39 is 0 Å².